The predicted octanol–water partition coefficient (Wildman–Crippen LogP) is 5.06. The van der Waals surface area contributed by atoms with E-state index in [4.69, 9.17) is 0 Å². The molecule has 0 aliphatic carbocycles. The average molecular weight is 337 g/mol. The van der Waals surface area contributed by atoms with Crippen molar-refractivity contribution in [2.75, 3.05) is 38.0 Å². The number of rotatable bonds is 5. The van der Waals surface area contributed by atoms with Crippen LogP contribution in [0.25, 0.3) is 0 Å². The van der Waals surface area contributed by atoms with Gasteiger partial charge in [0.15, 0.2) is 0 Å². The molecule has 1 heterocycles. The van der Waals surface area contributed by atoms with E-state index in [1.54, 1.807) is 0 Å². The number of benzene rings is 2. The summed E-state index contributed by atoms with van der Waals surface area (Å²) in [5.41, 5.74) is 5.12. The van der Waals surface area contributed by atoms with Crippen LogP contribution in [0.4, 0.5) is 11.4 Å². The van der Waals surface area contributed by atoms with Crippen LogP contribution < -0.4 is 9.80 Å². The van der Waals surface area contributed by atoms with Gasteiger partial charge >= 0.3 is 0 Å². The summed E-state index contributed by atoms with van der Waals surface area (Å²) in [6.45, 7) is 0. The van der Waals surface area contributed by atoms with E-state index in [-0.39, 0.29) is 5.92 Å². The average Bonchev–Trinajstić information content (AvgIpc) is 3.10. The van der Waals surface area contributed by atoms with E-state index >= 15 is 0 Å². The lowest BCUT2D eigenvalue weighted by Crippen LogP contribution is -2.10. The van der Waals surface area contributed by atoms with Gasteiger partial charge in [0.25, 0.3) is 0 Å². The Bertz CT molecular complexity index is 705. The minimum absolute atomic E-state index is 0.289. The van der Waals surface area contributed by atoms with Crippen LogP contribution in [0, 0.1) is 0 Å². The standard InChI is InChI=1S/C21H24N2S/c1-22(2)18-11-7-16(8-12-18)21(20-6-5-15-24-20)17-9-13-19(14-10-17)23(3)4/h5-15,21H,1-4H3. The van der Waals surface area contributed by atoms with Crippen LogP contribution in [-0.4, -0.2) is 28.2 Å². The molecule has 0 aliphatic heterocycles. The van der Waals surface area contributed by atoms with Crippen molar-refractivity contribution in [2.24, 2.45) is 0 Å². The molecule has 0 atom stereocenters. The van der Waals surface area contributed by atoms with Gasteiger partial charge < -0.3 is 9.80 Å². The third-order valence-electron chi connectivity index (χ3n) is 4.31. The smallest absolute Gasteiger partial charge is 0.0433 e. The van der Waals surface area contributed by atoms with Crippen molar-refractivity contribution >= 4 is 22.7 Å². The lowest BCUT2D eigenvalue weighted by atomic mass is 9.89. The molecule has 0 spiro atoms. The molecular weight excluding hydrogens is 312 g/mol. The van der Waals surface area contributed by atoms with E-state index < -0.39 is 0 Å². The number of hydrogen-bond donors (Lipinski definition) is 0. The molecule has 0 saturated heterocycles. The van der Waals surface area contributed by atoms with Crippen LogP contribution in [0.5, 0.6) is 0 Å². The van der Waals surface area contributed by atoms with Gasteiger partial charge in [-0.1, -0.05) is 30.3 Å². The molecule has 0 radical (unpaired) electrons. The molecule has 2 nitrogen and oxygen atoms in total. The minimum atomic E-state index is 0.289. The maximum absolute atomic E-state index is 2.25. The Morgan fingerprint density at radius 2 is 1.12 bits per heavy atom. The van der Waals surface area contributed by atoms with Gasteiger partial charge in [-0.15, -0.1) is 11.3 Å². The van der Waals surface area contributed by atoms with Crippen molar-refractivity contribution in [2.45, 2.75) is 5.92 Å². The fourth-order valence-electron chi connectivity index (χ4n) is 2.91. The van der Waals surface area contributed by atoms with Gasteiger partial charge in [0, 0.05) is 50.4 Å². The van der Waals surface area contributed by atoms with Gasteiger partial charge in [-0.25, -0.2) is 0 Å². The van der Waals surface area contributed by atoms with Crippen molar-refractivity contribution in [3.63, 3.8) is 0 Å². The molecule has 0 saturated carbocycles. The van der Waals surface area contributed by atoms with Crippen molar-refractivity contribution in [3.8, 4) is 0 Å². The SMILES string of the molecule is CN(C)c1ccc(C(c2ccc(N(C)C)cc2)c2cccs2)cc1. The number of nitrogens with zero attached hydrogens (tertiary/aromatic N) is 2. The fourth-order valence-corrected chi connectivity index (χ4v) is 3.79. The first-order valence-electron chi connectivity index (χ1n) is 8.14. The van der Waals surface area contributed by atoms with E-state index in [1.807, 2.05) is 11.3 Å². The summed E-state index contributed by atoms with van der Waals surface area (Å²) < 4.78 is 0. The van der Waals surface area contributed by atoms with Crippen LogP contribution in [0.2, 0.25) is 0 Å². The first-order valence-corrected chi connectivity index (χ1v) is 9.02. The van der Waals surface area contributed by atoms with Crippen molar-refractivity contribution in [1.29, 1.82) is 0 Å². The first kappa shape index (κ1) is 16.6. The first-order chi connectivity index (χ1) is 11.6. The summed E-state index contributed by atoms with van der Waals surface area (Å²) in [4.78, 5) is 5.65. The Labute approximate surface area is 149 Å². The van der Waals surface area contributed by atoms with Crippen LogP contribution in [0.15, 0.2) is 66.0 Å². The Kier molecular flexibility index (Phi) is 4.91. The monoisotopic (exact) mass is 336 g/mol. The second-order valence-corrected chi connectivity index (χ2v) is 7.40. The van der Waals surface area contributed by atoms with Gasteiger partial charge in [0.1, 0.15) is 0 Å². The van der Waals surface area contributed by atoms with E-state index in [0.717, 1.165) is 0 Å². The fraction of sp³-hybridized carbons (Fsp3) is 0.238. The van der Waals surface area contributed by atoms with Crippen LogP contribution >= 0.6 is 11.3 Å². The van der Waals surface area contributed by atoms with E-state index in [9.17, 15) is 0 Å². The van der Waals surface area contributed by atoms with E-state index in [0.29, 0.717) is 0 Å². The summed E-state index contributed by atoms with van der Waals surface area (Å²) in [7, 11) is 8.30. The molecule has 24 heavy (non-hydrogen) atoms. The van der Waals surface area contributed by atoms with Crippen LogP contribution in [-0.2, 0) is 0 Å². The highest BCUT2D eigenvalue weighted by atomic mass is 32.1. The minimum Gasteiger partial charge on any atom is -0.378 e. The second kappa shape index (κ2) is 7.10. The number of anilines is 2. The molecule has 0 aliphatic rings. The normalized spacial score (nSPS) is 10.9. The molecule has 0 amide bonds. The van der Waals surface area contributed by atoms with Gasteiger partial charge in [-0.2, -0.15) is 0 Å². The second-order valence-electron chi connectivity index (χ2n) is 6.42. The van der Waals surface area contributed by atoms with Crippen LogP contribution in [0.1, 0.15) is 21.9 Å². The zero-order chi connectivity index (χ0) is 17.1. The van der Waals surface area contributed by atoms with E-state index in [1.165, 1.54) is 27.4 Å². The third-order valence-corrected chi connectivity index (χ3v) is 5.25. The topological polar surface area (TPSA) is 6.48 Å². The highest BCUT2D eigenvalue weighted by molar-refractivity contribution is 7.10. The zero-order valence-electron chi connectivity index (χ0n) is 14.7. The molecule has 2 aromatic carbocycles. The molecule has 124 valence electrons. The van der Waals surface area contributed by atoms with Gasteiger partial charge in [0.2, 0.25) is 0 Å². The zero-order valence-corrected chi connectivity index (χ0v) is 15.5. The van der Waals surface area contributed by atoms with Gasteiger partial charge in [-0.3, -0.25) is 0 Å². The Hall–Kier alpha value is -2.26. The largest absolute Gasteiger partial charge is 0.378 e. The Morgan fingerprint density at radius 3 is 1.46 bits per heavy atom. The molecule has 0 unspecified atom stereocenters. The quantitative estimate of drug-likeness (QED) is 0.642. The predicted molar refractivity (Wildman–Crippen MR) is 107 cm³/mol. The molecule has 0 bridgehead atoms. The highest BCUT2D eigenvalue weighted by Gasteiger charge is 2.18. The lowest BCUT2D eigenvalue weighted by Gasteiger charge is -2.20. The summed E-state index contributed by atoms with van der Waals surface area (Å²) in [5.74, 6) is 0.289. The van der Waals surface area contributed by atoms with Gasteiger partial charge in [0.05, 0.1) is 0 Å². The molecule has 3 heteroatoms. The molecular formula is C21H24N2S. The van der Waals surface area contributed by atoms with Gasteiger partial charge in [-0.05, 0) is 46.8 Å². The molecule has 3 aromatic rings. The number of hydrogen-bond acceptors (Lipinski definition) is 3. The lowest BCUT2D eigenvalue weighted by molar-refractivity contribution is 0.999. The summed E-state index contributed by atoms with van der Waals surface area (Å²) in [5, 5.41) is 2.16. The van der Waals surface area contributed by atoms with E-state index in [2.05, 4.69) is 104 Å². The van der Waals surface area contributed by atoms with Crippen molar-refractivity contribution in [1.82, 2.24) is 0 Å². The molecule has 0 N–H and O–H groups in total. The Morgan fingerprint density at radius 1 is 0.667 bits per heavy atom. The third kappa shape index (κ3) is 3.46. The van der Waals surface area contributed by atoms with Crippen molar-refractivity contribution in [3.05, 3.63) is 82.0 Å². The Balaban J connectivity index is 2.01. The molecule has 1 aromatic heterocycles. The molecule has 3 rings (SSSR count). The summed E-state index contributed by atoms with van der Waals surface area (Å²) in [6.07, 6.45) is 0. The maximum Gasteiger partial charge on any atom is 0.0433 e. The van der Waals surface area contributed by atoms with Crippen molar-refractivity contribution < 1.29 is 0 Å². The molecule has 0 fully saturated rings. The van der Waals surface area contributed by atoms with Crippen LogP contribution in [0.3, 0.4) is 0 Å². The number of thiophene rings is 1. The highest BCUT2D eigenvalue weighted by Crippen LogP contribution is 2.35. The summed E-state index contributed by atoms with van der Waals surface area (Å²) >= 11 is 1.82. The maximum atomic E-state index is 2.25. The summed E-state index contributed by atoms with van der Waals surface area (Å²) in [6, 6.07) is 22.2.